The van der Waals surface area contributed by atoms with Gasteiger partial charge in [0.2, 0.25) is 0 Å². The predicted octanol–water partition coefficient (Wildman–Crippen LogP) is 1.12. The van der Waals surface area contributed by atoms with Crippen molar-refractivity contribution in [1.82, 2.24) is 20.1 Å². The fraction of sp³-hybridized carbons (Fsp3) is 0.308. The molecule has 3 N–H and O–H groups in total. The zero-order valence-corrected chi connectivity index (χ0v) is 11.1. The van der Waals surface area contributed by atoms with E-state index in [-0.39, 0.29) is 11.6 Å². The lowest BCUT2D eigenvalue weighted by molar-refractivity contribution is 0.0946. The molecule has 0 spiro atoms. The summed E-state index contributed by atoms with van der Waals surface area (Å²) >= 11 is 0. The number of carbonyl (C=O) groups excluding carboxylic acids is 1. The molecule has 0 aromatic carbocycles. The van der Waals surface area contributed by atoms with Gasteiger partial charge in [-0.3, -0.25) is 14.5 Å². The Morgan fingerprint density at radius 3 is 2.84 bits per heavy atom. The highest BCUT2D eigenvalue weighted by Gasteiger charge is 2.13. The maximum atomic E-state index is 11.9. The summed E-state index contributed by atoms with van der Waals surface area (Å²) in [6.45, 7) is 4.94. The predicted molar refractivity (Wildman–Crippen MR) is 72.5 cm³/mol. The molecule has 2 aromatic heterocycles. The Balaban J connectivity index is 2.01. The van der Waals surface area contributed by atoms with Crippen molar-refractivity contribution >= 4 is 11.6 Å². The summed E-state index contributed by atoms with van der Waals surface area (Å²) in [6.07, 6.45) is 3.39. The minimum absolute atomic E-state index is 0.266. The lowest BCUT2D eigenvalue weighted by atomic mass is 10.2. The number of pyridine rings is 1. The van der Waals surface area contributed by atoms with Crippen molar-refractivity contribution in [3.63, 3.8) is 0 Å². The number of nitrogens with zero attached hydrogens (tertiary/aromatic N) is 3. The Labute approximate surface area is 111 Å². The molecule has 0 aliphatic rings. The summed E-state index contributed by atoms with van der Waals surface area (Å²) in [5.74, 6) is -0.273. The summed E-state index contributed by atoms with van der Waals surface area (Å²) in [5, 5.41) is 6.90. The van der Waals surface area contributed by atoms with Crippen molar-refractivity contribution < 1.29 is 4.79 Å². The molecule has 0 radical (unpaired) electrons. The van der Waals surface area contributed by atoms with Gasteiger partial charge in [0.15, 0.2) is 5.69 Å². The standard InChI is InChI=1S/C13H17N5O/c1-3-18-8-11(14)12(17-18)13(19)16-7-10-5-4-9(2)15-6-10/h4-6,8H,3,7,14H2,1-2H3,(H,16,19). The Hall–Kier alpha value is -2.37. The molecule has 2 heterocycles. The van der Waals surface area contributed by atoms with E-state index in [1.807, 2.05) is 26.0 Å². The van der Waals surface area contributed by atoms with Crippen LogP contribution in [0, 0.1) is 6.92 Å². The largest absolute Gasteiger partial charge is 0.396 e. The number of aromatic nitrogens is 3. The van der Waals surface area contributed by atoms with Gasteiger partial charge in [-0.15, -0.1) is 0 Å². The van der Waals surface area contributed by atoms with Gasteiger partial charge in [0.1, 0.15) is 0 Å². The summed E-state index contributed by atoms with van der Waals surface area (Å²) in [5.41, 5.74) is 8.29. The van der Waals surface area contributed by atoms with Crippen LogP contribution in [0.2, 0.25) is 0 Å². The van der Waals surface area contributed by atoms with Crippen LogP contribution in [0.5, 0.6) is 0 Å². The van der Waals surface area contributed by atoms with Gasteiger partial charge < -0.3 is 11.1 Å². The maximum Gasteiger partial charge on any atom is 0.274 e. The van der Waals surface area contributed by atoms with E-state index in [4.69, 9.17) is 5.73 Å². The fourth-order valence-corrected chi connectivity index (χ4v) is 1.64. The molecule has 100 valence electrons. The first-order valence-electron chi connectivity index (χ1n) is 6.12. The van der Waals surface area contributed by atoms with Crippen molar-refractivity contribution in [2.75, 3.05) is 5.73 Å². The summed E-state index contributed by atoms with van der Waals surface area (Å²) in [6, 6.07) is 3.83. The van der Waals surface area contributed by atoms with Crippen LogP contribution in [-0.4, -0.2) is 20.7 Å². The number of hydrogen-bond donors (Lipinski definition) is 2. The number of nitrogens with one attached hydrogen (secondary N) is 1. The number of aryl methyl sites for hydroxylation is 2. The van der Waals surface area contributed by atoms with Crippen LogP contribution in [-0.2, 0) is 13.1 Å². The Kier molecular flexibility index (Phi) is 3.79. The molecular formula is C13H17N5O. The van der Waals surface area contributed by atoms with E-state index >= 15 is 0 Å². The van der Waals surface area contributed by atoms with Gasteiger partial charge in [0, 0.05) is 31.2 Å². The van der Waals surface area contributed by atoms with Gasteiger partial charge in [-0.25, -0.2) is 0 Å². The van der Waals surface area contributed by atoms with E-state index in [2.05, 4.69) is 15.4 Å². The molecular weight excluding hydrogens is 242 g/mol. The second kappa shape index (κ2) is 5.51. The first kappa shape index (κ1) is 13.1. The van der Waals surface area contributed by atoms with Gasteiger partial charge in [-0.2, -0.15) is 5.10 Å². The summed E-state index contributed by atoms with van der Waals surface area (Å²) in [7, 11) is 0. The molecule has 19 heavy (non-hydrogen) atoms. The van der Waals surface area contributed by atoms with Gasteiger partial charge in [-0.1, -0.05) is 6.07 Å². The Bertz CT molecular complexity index is 573. The van der Waals surface area contributed by atoms with Crippen molar-refractivity contribution in [2.45, 2.75) is 26.9 Å². The van der Waals surface area contributed by atoms with E-state index in [0.717, 1.165) is 11.3 Å². The second-order valence-corrected chi connectivity index (χ2v) is 4.28. The second-order valence-electron chi connectivity index (χ2n) is 4.28. The highest BCUT2D eigenvalue weighted by atomic mass is 16.1. The van der Waals surface area contributed by atoms with Crippen molar-refractivity contribution in [2.24, 2.45) is 0 Å². The number of nitrogen functional groups attached to an aromatic ring is 1. The number of hydrogen-bond acceptors (Lipinski definition) is 4. The first-order chi connectivity index (χ1) is 9.10. The van der Waals surface area contributed by atoms with Crippen LogP contribution in [0.1, 0.15) is 28.7 Å². The molecule has 0 saturated carbocycles. The number of carbonyl (C=O) groups is 1. The SMILES string of the molecule is CCn1cc(N)c(C(=O)NCc2ccc(C)nc2)n1. The van der Waals surface area contributed by atoms with Crippen molar-refractivity contribution in [3.8, 4) is 0 Å². The third-order valence-corrected chi connectivity index (χ3v) is 2.75. The molecule has 0 aliphatic carbocycles. The molecule has 6 nitrogen and oxygen atoms in total. The monoisotopic (exact) mass is 259 g/mol. The zero-order valence-electron chi connectivity index (χ0n) is 11.1. The molecule has 0 bridgehead atoms. The van der Waals surface area contributed by atoms with E-state index in [0.29, 0.717) is 18.8 Å². The van der Waals surface area contributed by atoms with E-state index < -0.39 is 0 Å². The zero-order chi connectivity index (χ0) is 13.8. The van der Waals surface area contributed by atoms with Gasteiger partial charge in [0.25, 0.3) is 5.91 Å². The molecule has 0 saturated heterocycles. The van der Waals surface area contributed by atoms with Crippen LogP contribution >= 0.6 is 0 Å². The molecule has 0 atom stereocenters. The van der Waals surface area contributed by atoms with Crippen molar-refractivity contribution in [1.29, 1.82) is 0 Å². The number of rotatable bonds is 4. The molecule has 0 unspecified atom stereocenters. The Morgan fingerprint density at radius 2 is 2.26 bits per heavy atom. The van der Waals surface area contributed by atoms with Crippen molar-refractivity contribution in [3.05, 3.63) is 41.5 Å². The maximum absolute atomic E-state index is 11.9. The number of amides is 1. The van der Waals surface area contributed by atoms with E-state index in [1.54, 1.807) is 17.1 Å². The quantitative estimate of drug-likeness (QED) is 0.861. The van der Waals surface area contributed by atoms with Crippen LogP contribution < -0.4 is 11.1 Å². The lowest BCUT2D eigenvalue weighted by Gasteiger charge is -2.04. The first-order valence-corrected chi connectivity index (χ1v) is 6.12. The minimum Gasteiger partial charge on any atom is -0.396 e. The fourth-order valence-electron chi connectivity index (χ4n) is 1.64. The lowest BCUT2D eigenvalue weighted by Crippen LogP contribution is -2.24. The molecule has 1 amide bonds. The van der Waals surface area contributed by atoms with Gasteiger partial charge >= 0.3 is 0 Å². The molecule has 6 heteroatoms. The number of anilines is 1. The van der Waals surface area contributed by atoms with Gasteiger partial charge in [0.05, 0.1) is 5.69 Å². The van der Waals surface area contributed by atoms with Crippen LogP contribution in [0.25, 0.3) is 0 Å². The van der Waals surface area contributed by atoms with Crippen LogP contribution in [0.15, 0.2) is 24.5 Å². The molecule has 0 aliphatic heterocycles. The third kappa shape index (κ3) is 3.09. The minimum atomic E-state index is -0.273. The smallest absolute Gasteiger partial charge is 0.274 e. The number of nitrogens with two attached hydrogens (primary N) is 1. The van der Waals surface area contributed by atoms with E-state index in [9.17, 15) is 4.79 Å². The average Bonchev–Trinajstić information content (AvgIpc) is 2.79. The summed E-state index contributed by atoms with van der Waals surface area (Å²) in [4.78, 5) is 16.1. The normalized spacial score (nSPS) is 10.4. The van der Waals surface area contributed by atoms with Crippen LogP contribution in [0.4, 0.5) is 5.69 Å². The highest BCUT2D eigenvalue weighted by molar-refractivity contribution is 5.96. The topological polar surface area (TPSA) is 85.8 Å². The molecule has 2 rings (SSSR count). The third-order valence-electron chi connectivity index (χ3n) is 2.75. The average molecular weight is 259 g/mol. The van der Waals surface area contributed by atoms with Crippen LogP contribution in [0.3, 0.4) is 0 Å². The Morgan fingerprint density at radius 1 is 1.47 bits per heavy atom. The van der Waals surface area contributed by atoms with E-state index in [1.165, 1.54) is 0 Å². The van der Waals surface area contributed by atoms with Gasteiger partial charge in [-0.05, 0) is 25.5 Å². The summed E-state index contributed by atoms with van der Waals surface area (Å²) < 4.78 is 1.64. The highest BCUT2D eigenvalue weighted by Crippen LogP contribution is 2.09. The molecule has 0 fully saturated rings. The molecule has 2 aromatic rings.